The molecule has 1 amide bonds. The maximum Gasteiger partial charge on any atom is 0.251 e. The van der Waals surface area contributed by atoms with Crippen LogP contribution in [0.25, 0.3) is 11.1 Å². The molecule has 0 fully saturated rings. The van der Waals surface area contributed by atoms with Crippen LogP contribution in [-0.2, 0) is 0 Å². The van der Waals surface area contributed by atoms with Gasteiger partial charge < -0.3 is 10.1 Å². The van der Waals surface area contributed by atoms with Crippen LogP contribution in [0, 0.1) is 0 Å². The monoisotopic (exact) mass is 241 g/mol. The lowest BCUT2D eigenvalue weighted by Gasteiger charge is -2.12. The van der Waals surface area contributed by atoms with Gasteiger partial charge in [-0.2, -0.15) is 0 Å². The SMILES string of the molecule is CNC(=O)c1ccccc1-c1ccccc1OC. The lowest BCUT2D eigenvalue weighted by atomic mass is 9.98. The Morgan fingerprint density at radius 2 is 1.61 bits per heavy atom. The van der Waals surface area contributed by atoms with E-state index in [-0.39, 0.29) is 5.91 Å². The lowest BCUT2D eigenvalue weighted by molar-refractivity contribution is 0.0963. The minimum absolute atomic E-state index is 0.100. The first kappa shape index (κ1) is 12.2. The molecule has 0 aliphatic rings. The van der Waals surface area contributed by atoms with Gasteiger partial charge in [0.05, 0.1) is 7.11 Å². The van der Waals surface area contributed by atoms with Gasteiger partial charge in [-0.1, -0.05) is 36.4 Å². The fourth-order valence-electron chi connectivity index (χ4n) is 1.92. The molecule has 0 atom stereocenters. The Morgan fingerprint density at radius 1 is 1.00 bits per heavy atom. The van der Waals surface area contributed by atoms with Crippen molar-refractivity contribution in [3.63, 3.8) is 0 Å². The predicted octanol–water partition coefficient (Wildman–Crippen LogP) is 2.72. The number of amides is 1. The van der Waals surface area contributed by atoms with Gasteiger partial charge in [-0.05, 0) is 17.7 Å². The van der Waals surface area contributed by atoms with Gasteiger partial charge in [-0.3, -0.25) is 4.79 Å². The standard InChI is InChI=1S/C15H15NO2/c1-16-15(17)13-9-4-3-7-11(13)12-8-5-6-10-14(12)18-2/h3-10H,1-2H3,(H,16,17). The van der Waals surface area contributed by atoms with E-state index in [0.717, 1.165) is 16.9 Å². The number of methoxy groups -OCH3 is 1. The summed E-state index contributed by atoms with van der Waals surface area (Å²) in [5, 5.41) is 2.65. The van der Waals surface area contributed by atoms with E-state index in [1.165, 1.54) is 0 Å². The number of benzene rings is 2. The highest BCUT2D eigenvalue weighted by molar-refractivity contribution is 6.01. The van der Waals surface area contributed by atoms with Crippen molar-refractivity contribution < 1.29 is 9.53 Å². The molecule has 0 saturated heterocycles. The van der Waals surface area contributed by atoms with E-state index in [2.05, 4.69) is 5.32 Å². The van der Waals surface area contributed by atoms with E-state index >= 15 is 0 Å². The molecule has 0 bridgehead atoms. The van der Waals surface area contributed by atoms with E-state index in [9.17, 15) is 4.79 Å². The average Bonchev–Trinajstić information content (AvgIpc) is 2.46. The summed E-state index contributed by atoms with van der Waals surface area (Å²) >= 11 is 0. The molecule has 0 aromatic heterocycles. The molecule has 0 aliphatic heterocycles. The highest BCUT2D eigenvalue weighted by Gasteiger charge is 2.13. The van der Waals surface area contributed by atoms with Crippen molar-refractivity contribution in [1.82, 2.24) is 5.32 Å². The molecular formula is C15H15NO2. The first-order chi connectivity index (χ1) is 8.77. The summed E-state index contributed by atoms with van der Waals surface area (Å²) in [6, 6.07) is 15.2. The molecule has 0 unspecified atom stereocenters. The van der Waals surface area contributed by atoms with E-state index in [1.807, 2.05) is 42.5 Å². The number of carbonyl (C=O) groups excluding carboxylic acids is 1. The molecular weight excluding hydrogens is 226 g/mol. The van der Waals surface area contributed by atoms with Crippen LogP contribution < -0.4 is 10.1 Å². The van der Waals surface area contributed by atoms with E-state index in [4.69, 9.17) is 4.74 Å². The summed E-state index contributed by atoms with van der Waals surface area (Å²) in [5.41, 5.74) is 2.43. The van der Waals surface area contributed by atoms with Gasteiger partial charge in [0.15, 0.2) is 0 Å². The van der Waals surface area contributed by atoms with Crippen LogP contribution >= 0.6 is 0 Å². The van der Waals surface area contributed by atoms with Crippen LogP contribution in [0.5, 0.6) is 5.75 Å². The molecule has 0 saturated carbocycles. The summed E-state index contributed by atoms with van der Waals surface area (Å²) in [5.74, 6) is 0.658. The molecule has 0 heterocycles. The first-order valence-corrected chi connectivity index (χ1v) is 5.72. The number of hydrogen-bond acceptors (Lipinski definition) is 2. The zero-order valence-electron chi connectivity index (χ0n) is 10.4. The first-order valence-electron chi connectivity index (χ1n) is 5.72. The Balaban J connectivity index is 2.60. The Hall–Kier alpha value is -2.29. The van der Waals surface area contributed by atoms with E-state index < -0.39 is 0 Å². The van der Waals surface area contributed by atoms with Gasteiger partial charge in [-0.15, -0.1) is 0 Å². The topological polar surface area (TPSA) is 38.3 Å². The number of para-hydroxylation sites is 1. The highest BCUT2D eigenvalue weighted by Crippen LogP contribution is 2.31. The van der Waals surface area contributed by atoms with Gasteiger partial charge in [0.2, 0.25) is 0 Å². The quantitative estimate of drug-likeness (QED) is 0.897. The molecule has 2 aromatic carbocycles. The summed E-state index contributed by atoms with van der Waals surface area (Å²) in [6.45, 7) is 0. The Labute approximate surface area is 106 Å². The van der Waals surface area contributed by atoms with Gasteiger partial charge in [0.25, 0.3) is 5.91 Å². The van der Waals surface area contributed by atoms with E-state index in [0.29, 0.717) is 5.56 Å². The van der Waals surface area contributed by atoms with Crippen LogP contribution in [-0.4, -0.2) is 20.1 Å². The number of carbonyl (C=O) groups is 1. The molecule has 3 heteroatoms. The zero-order valence-corrected chi connectivity index (χ0v) is 10.4. The van der Waals surface area contributed by atoms with E-state index in [1.54, 1.807) is 20.2 Å². The van der Waals surface area contributed by atoms with Crippen LogP contribution in [0.15, 0.2) is 48.5 Å². The smallest absolute Gasteiger partial charge is 0.251 e. The maximum absolute atomic E-state index is 11.9. The van der Waals surface area contributed by atoms with Crippen molar-refractivity contribution in [2.45, 2.75) is 0 Å². The second-order valence-corrected chi connectivity index (χ2v) is 3.82. The van der Waals surface area contributed by atoms with Crippen molar-refractivity contribution in [3.05, 3.63) is 54.1 Å². The van der Waals surface area contributed by atoms with Crippen LogP contribution in [0.1, 0.15) is 10.4 Å². The van der Waals surface area contributed by atoms with Crippen LogP contribution in [0.2, 0.25) is 0 Å². The third-order valence-electron chi connectivity index (χ3n) is 2.80. The van der Waals surface area contributed by atoms with Crippen LogP contribution in [0.4, 0.5) is 0 Å². The largest absolute Gasteiger partial charge is 0.496 e. The number of nitrogens with one attached hydrogen (secondary N) is 1. The Kier molecular flexibility index (Phi) is 3.63. The highest BCUT2D eigenvalue weighted by atomic mass is 16.5. The third-order valence-corrected chi connectivity index (χ3v) is 2.80. The molecule has 3 nitrogen and oxygen atoms in total. The second kappa shape index (κ2) is 5.36. The summed E-state index contributed by atoms with van der Waals surface area (Å²) in [6.07, 6.45) is 0. The molecule has 0 aliphatic carbocycles. The molecule has 0 radical (unpaired) electrons. The second-order valence-electron chi connectivity index (χ2n) is 3.82. The lowest BCUT2D eigenvalue weighted by Crippen LogP contribution is -2.18. The third kappa shape index (κ3) is 2.20. The number of hydrogen-bond donors (Lipinski definition) is 1. The molecule has 18 heavy (non-hydrogen) atoms. The van der Waals surface area contributed by atoms with Gasteiger partial charge >= 0.3 is 0 Å². The number of ether oxygens (including phenoxy) is 1. The van der Waals surface area contributed by atoms with Crippen molar-refractivity contribution >= 4 is 5.91 Å². The minimum atomic E-state index is -0.100. The minimum Gasteiger partial charge on any atom is -0.496 e. The van der Waals surface area contributed by atoms with Crippen LogP contribution in [0.3, 0.4) is 0 Å². The maximum atomic E-state index is 11.9. The fourth-order valence-corrected chi connectivity index (χ4v) is 1.92. The molecule has 2 aromatic rings. The molecule has 92 valence electrons. The molecule has 0 spiro atoms. The fraction of sp³-hybridized carbons (Fsp3) is 0.133. The van der Waals surface area contributed by atoms with Crippen molar-refractivity contribution in [1.29, 1.82) is 0 Å². The van der Waals surface area contributed by atoms with Gasteiger partial charge in [0, 0.05) is 18.2 Å². The summed E-state index contributed by atoms with van der Waals surface area (Å²) in [4.78, 5) is 11.9. The normalized spacial score (nSPS) is 9.89. The number of rotatable bonds is 3. The van der Waals surface area contributed by atoms with Crippen molar-refractivity contribution in [3.8, 4) is 16.9 Å². The van der Waals surface area contributed by atoms with Gasteiger partial charge in [-0.25, -0.2) is 0 Å². The van der Waals surface area contributed by atoms with Gasteiger partial charge in [0.1, 0.15) is 5.75 Å². The Morgan fingerprint density at radius 3 is 2.28 bits per heavy atom. The molecule has 2 rings (SSSR count). The molecule has 1 N–H and O–H groups in total. The van der Waals surface area contributed by atoms with Crippen molar-refractivity contribution in [2.24, 2.45) is 0 Å². The Bertz CT molecular complexity index is 564. The van der Waals surface area contributed by atoms with Crippen molar-refractivity contribution in [2.75, 3.05) is 14.2 Å². The average molecular weight is 241 g/mol. The predicted molar refractivity (Wildman–Crippen MR) is 71.8 cm³/mol. The summed E-state index contributed by atoms with van der Waals surface area (Å²) < 4.78 is 5.34. The summed E-state index contributed by atoms with van der Waals surface area (Å²) in [7, 11) is 3.25. The zero-order chi connectivity index (χ0) is 13.0.